The van der Waals surface area contributed by atoms with Crippen LogP contribution < -0.4 is 21.5 Å². The predicted octanol–water partition coefficient (Wildman–Crippen LogP) is -0.850. The Balaban J connectivity index is 2.45. The largest absolute Gasteiger partial charge is 0.377 e. The molecule has 9 nitrogen and oxygen atoms in total. The number of imide groups is 1. The molecule has 0 unspecified atom stereocenters. The Labute approximate surface area is 121 Å². The lowest BCUT2D eigenvalue weighted by molar-refractivity contribution is -0.135. The molecule has 2 amide bonds. The van der Waals surface area contributed by atoms with Crippen LogP contribution >= 0.6 is 0 Å². The van der Waals surface area contributed by atoms with E-state index in [-0.39, 0.29) is 25.0 Å². The molecule has 2 heterocycles. The number of ether oxygens (including phenoxy) is 1. The van der Waals surface area contributed by atoms with E-state index in [9.17, 15) is 9.59 Å². The van der Waals surface area contributed by atoms with E-state index in [1.54, 1.807) is 24.8 Å². The highest BCUT2D eigenvalue weighted by atomic mass is 16.5. The van der Waals surface area contributed by atoms with Gasteiger partial charge in [-0.25, -0.2) is 15.8 Å². The summed E-state index contributed by atoms with van der Waals surface area (Å²) in [5.41, 5.74) is 1.52. The lowest BCUT2D eigenvalue weighted by Gasteiger charge is -2.41. The fraction of sp³-hybridized carbons (Fsp3) is 0.500. The summed E-state index contributed by atoms with van der Waals surface area (Å²) in [7, 11) is 1.52. The number of piperazine rings is 1. The van der Waals surface area contributed by atoms with Crippen molar-refractivity contribution in [2.24, 2.45) is 5.84 Å². The van der Waals surface area contributed by atoms with Gasteiger partial charge in [0.1, 0.15) is 23.8 Å². The van der Waals surface area contributed by atoms with Crippen LogP contribution in [0.15, 0.2) is 6.07 Å². The van der Waals surface area contributed by atoms with Crippen molar-refractivity contribution in [1.82, 2.24) is 15.3 Å². The van der Waals surface area contributed by atoms with Gasteiger partial charge in [-0.15, -0.1) is 0 Å². The molecule has 21 heavy (non-hydrogen) atoms. The van der Waals surface area contributed by atoms with Crippen LogP contribution in [0.25, 0.3) is 0 Å². The van der Waals surface area contributed by atoms with Crippen LogP contribution in [0.3, 0.4) is 0 Å². The molecule has 1 aromatic heterocycles. The average molecular weight is 294 g/mol. The Bertz CT molecular complexity index is 574. The first-order valence-corrected chi connectivity index (χ1v) is 6.34. The zero-order valence-electron chi connectivity index (χ0n) is 12.1. The number of carbonyl (C=O) groups excluding carboxylic acids is 2. The van der Waals surface area contributed by atoms with E-state index in [0.717, 1.165) is 0 Å². The van der Waals surface area contributed by atoms with Crippen LogP contribution in [0.4, 0.5) is 11.6 Å². The number of hydrogen-bond acceptors (Lipinski definition) is 8. The van der Waals surface area contributed by atoms with Crippen molar-refractivity contribution >= 4 is 23.5 Å². The van der Waals surface area contributed by atoms with Crippen LogP contribution in [0.2, 0.25) is 0 Å². The summed E-state index contributed by atoms with van der Waals surface area (Å²) in [6.45, 7) is 3.63. The van der Waals surface area contributed by atoms with E-state index in [1.165, 1.54) is 7.11 Å². The van der Waals surface area contributed by atoms with Crippen LogP contribution in [-0.4, -0.2) is 41.0 Å². The maximum atomic E-state index is 12.0. The number of hydrogen-bond donors (Lipinski definition) is 3. The second-order valence-electron chi connectivity index (χ2n) is 5.13. The Morgan fingerprint density at radius 2 is 2.19 bits per heavy atom. The van der Waals surface area contributed by atoms with E-state index in [2.05, 4.69) is 20.7 Å². The van der Waals surface area contributed by atoms with Crippen molar-refractivity contribution in [1.29, 1.82) is 0 Å². The number of methoxy groups -OCH3 is 1. The first-order chi connectivity index (χ1) is 9.88. The molecular weight excluding hydrogens is 276 g/mol. The van der Waals surface area contributed by atoms with Crippen LogP contribution in [0.1, 0.15) is 19.7 Å². The SMILES string of the molecule is COCc1nc(NN)cc(N2CC(=O)NC(=O)C2(C)C)n1. The lowest BCUT2D eigenvalue weighted by Crippen LogP contribution is -2.64. The molecule has 0 bridgehead atoms. The van der Waals surface area contributed by atoms with Gasteiger partial charge in [0.15, 0.2) is 5.82 Å². The molecule has 0 aromatic carbocycles. The Kier molecular flexibility index (Phi) is 4.05. The van der Waals surface area contributed by atoms with Gasteiger partial charge in [0, 0.05) is 13.2 Å². The normalized spacial score (nSPS) is 17.6. The maximum absolute atomic E-state index is 12.0. The zero-order chi connectivity index (χ0) is 15.6. The Morgan fingerprint density at radius 1 is 1.48 bits per heavy atom. The number of nitrogens with zero attached hydrogens (tertiary/aromatic N) is 3. The number of hydrazine groups is 1. The molecule has 0 saturated carbocycles. The fourth-order valence-corrected chi connectivity index (χ4v) is 2.04. The van der Waals surface area contributed by atoms with Gasteiger partial charge in [-0.1, -0.05) is 0 Å². The predicted molar refractivity (Wildman–Crippen MR) is 75.1 cm³/mol. The van der Waals surface area contributed by atoms with Crippen molar-refractivity contribution in [3.63, 3.8) is 0 Å². The summed E-state index contributed by atoms with van der Waals surface area (Å²) in [6, 6.07) is 1.58. The van der Waals surface area contributed by atoms with Gasteiger partial charge in [0.2, 0.25) is 5.91 Å². The number of nitrogens with one attached hydrogen (secondary N) is 2. The highest BCUT2D eigenvalue weighted by molar-refractivity contribution is 6.06. The number of amides is 2. The number of rotatable bonds is 4. The van der Waals surface area contributed by atoms with Gasteiger partial charge in [-0.2, -0.15) is 0 Å². The molecule has 0 atom stereocenters. The molecule has 1 aliphatic rings. The second kappa shape index (κ2) is 5.62. The van der Waals surface area contributed by atoms with E-state index < -0.39 is 5.54 Å². The number of carbonyl (C=O) groups is 2. The summed E-state index contributed by atoms with van der Waals surface area (Å²) in [5, 5.41) is 2.31. The molecule has 2 rings (SSSR count). The van der Waals surface area contributed by atoms with E-state index in [1.807, 2.05) is 0 Å². The molecule has 4 N–H and O–H groups in total. The molecule has 1 aliphatic heterocycles. The van der Waals surface area contributed by atoms with Crippen LogP contribution in [0.5, 0.6) is 0 Å². The summed E-state index contributed by atoms with van der Waals surface area (Å²) >= 11 is 0. The first-order valence-electron chi connectivity index (χ1n) is 6.34. The summed E-state index contributed by atoms with van der Waals surface area (Å²) in [4.78, 5) is 33.7. The van der Waals surface area contributed by atoms with Crippen LogP contribution in [0, 0.1) is 0 Å². The molecule has 1 fully saturated rings. The Morgan fingerprint density at radius 3 is 2.81 bits per heavy atom. The molecular formula is C12H18N6O3. The quantitative estimate of drug-likeness (QED) is 0.373. The van der Waals surface area contributed by atoms with Crippen molar-refractivity contribution in [3.05, 3.63) is 11.9 Å². The topological polar surface area (TPSA) is 122 Å². The van der Waals surface area contributed by atoms with Crippen LogP contribution in [-0.2, 0) is 20.9 Å². The van der Waals surface area contributed by atoms with Gasteiger partial charge in [-0.05, 0) is 13.8 Å². The summed E-state index contributed by atoms with van der Waals surface area (Å²) < 4.78 is 5.01. The molecule has 0 spiro atoms. The summed E-state index contributed by atoms with van der Waals surface area (Å²) in [5.74, 6) is 5.83. The zero-order valence-corrected chi connectivity index (χ0v) is 12.1. The number of nitrogens with two attached hydrogens (primary N) is 1. The van der Waals surface area contributed by atoms with Gasteiger partial charge in [-0.3, -0.25) is 14.9 Å². The minimum absolute atomic E-state index is 0.0200. The lowest BCUT2D eigenvalue weighted by atomic mass is 9.99. The first kappa shape index (κ1) is 15.1. The Hall–Kier alpha value is -2.26. The molecule has 1 saturated heterocycles. The van der Waals surface area contributed by atoms with Gasteiger partial charge in [0.05, 0.1) is 6.54 Å². The monoisotopic (exact) mass is 294 g/mol. The number of nitrogen functional groups attached to an aromatic ring is 1. The highest BCUT2D eigenvalue weighted by Gasteiger charge is 2.41. The number of aromatic nitrogens is 2. The standard InChI is InChI=1S/C12H18N6O3/c1-12(2)11(20)16-10(19)5-18(12)9-4-7(17-13)14-8(15-9)6-21-3/h4H,5-6,13H2,1-3H3,(H,14,15,17)(H,16,19,20). The summed E-state index contributed by atoms with van der Waals surface area (Å²) in [6.07, 6.45) is 0. The second-order valence-corrected chi connectivity index (χ2v) is 5.13. The minimum Gasteiger partial charge on any atom is -0.377 e. The molecule has 9 heteroatoms. The third kappa shape index (κ3) is 2.93. The molecule has 1 aromatic rings. The van der Waals surface area contributed by atoms with Gasteiger partial charge < -0.3 is 15.1 Å². The minimum atomic E-state index is -0.918. The number of anilines is 2. The van der Waals surface area contributed by atoms with E-state index in [0.29, 0.717) is 17.5 Å². The maximum Gasteiger partial charge on any atom is 0.251 e. The molecule has 0 aliphatic carbocycles. The molecule has 114 valence electrons. The van der Waals surface area contributed by atoms with Gasteiger partial charge in [0.25, 0.3) is 5.91 Å². The molecule has 0 radical (unpaired) electrons. The smallest absolute Gasteiger partial charge is 0.251 e. The van der Waals surface area contributed by atoms with Crippen molar-refractivity contribution in [2.75, 3.05) is 24.0 Å². The van der Waals surface area contributed by atoms with E-state index >= 15 is 0 Å². The fourth-order valence-electron chi connectivity index (χ4n) is 2.04. The third-order valence-electron chi connectivity index (χ3n) is 3.24. The average Bonchev–Trinajstić information content (AvgIpc) is 2.43. The van der Waals surface area contributed by atoms with Gasteiger partial charge >= 0.3 is 0 Å². The van der Waals surface area contributed by atoms with E-state index in [4.69, 9.17) is 10.6 Å². The third-order valence-corrected chi connectivity index (χ3v) is 3.24. The van der Waals surface area contributed by atoms with Crippen molar-refractivity contribution in [3.8, 4) is 0 Å². The van der Waals surface area contributed by atoms with Crippen molar-refractivity contribution in [2.45, 2.75) is 26.0 Å². The highest BCUT2D eigenvalue weighted by Crippen LogP contribution is 2.26. The van der Waals surface area contributed by atoms with Crippen molar-refractivity contribution < 1.29 is 14.3 Å².